The van der Waals surface area contributed by atoms with Gasteiger partial charge in [-0.05, 0) is 37.4 Å². The molecule has 1 N–H and O–H groups in total. The third kappa shape index (κ3) is 2.31. The second kappa shape index (κ2) is 5.70. The third-order valence-corrected chi connectivity index (χ3v) is 4.88. The Kier molecular flexibility index (Phi) is 3.94. The van der Waals surface area contributed by atoms with E-state index in [1.165, 1.54) is 7.11 Å². The highest BCUT2D eigenvalue weighted by molar-refractivity contribution is 5.31. The fourth-order valence-corrected chi connectivity index (χ4v) is 3.91. The molecular formula is C16H23FN2O. The predicted molar refractivity (Wildman–Crippen MR) is 77.3 cm³/mol. The minimum absolute atomic E-state index is 0.208. The van der Waals surface area contributed by atoms with Crippen LogP contribution in [0, 0.1) is 17.7 Å². The lowest BCUT2D eigenvalue weighted by atomic mass is 9.93. The van der Waals surface area contributed by atoms with Crippen molar-refractivity contribution in [1.29, 1.82) is 0 Å². The average Bonchev–Trinajstić information content (AvgIpc) is 3.01. The van der Waals surface area contributed by atoms with Gasteiger partial charge in [0.15, 0.2) is 11.6 Å². The zero-order chi connectivity index (χ0) is 14.1. The molecule has 3 unspecified atom stereocenters. The summed E-state index contributed by atoms with van der Waals surface area (Å²) in [6.45, 7) is 6.22. The van der Waals surface area contributed by atoms with Gasteiger partial charge >= 0.3 is 0 Å². The summed E-state index contributed by atoms with van der Waals surface area (Å²) in [5, 5.41) is 3.48. The van der Waals surface area contributed by atoms with Crippen LogP contribution in [0.4, 0.5) is 4.39 Å². The van der Waals surface area contributed by atoms with Gasteiger partial charge in [0.05, 0.1) is 7.11 Å². The SMILES string of the molecule is CCC1C2CNCC2CN1Cc1cccc(OC)c1F. The summed E-state index contributed by atoms with van der Waals surface area (Å²) < 4.78 is 19.4. The van der Waals surface area contributed by atoms with Gasteiger partial charge in [0.2, 0.25) is 0 Å². The molecule has 3 nitrogen and oxygen atoms in total. The number of ether oxygens (including phenoxy) is 1. The molecule has 1 aromatic carbocycles. The lowest BCUT2D eigenvalue weighted by Gasteiger charge is -2.27. The van der Waals surface area contributed by atoms with E-state index in [-0.39, 0.29) is 5.82 Å². The van der Waals surface area contributed by atoms with Crippen LogP contribution in [-0.4, -0.2) is 37.7 Å². The highest BCUT2D eigenvalue weighted by atomic mass is 19.1. The zero-order valence-electron chi connectivity index (χ0n) is 12.2. The molecule has 1 aromatic rings. The van der Waals surface area contributed by atoms with Gasteiger partial charge in [0.25, 0.3) is 0 Å². The van der Waals surface area contributed by atoms with Crippen molar-refractivity contribution >= 4 is 0 Å². The van der Waals surface area contributed by atoms with Gasteiger partial charge in [-0.1, -0.05) is 19.1 Å². The Bertz CT molecular complexity index is 480. The van der Waals surface area contributed by atoms with Crippen LogP contribution in [0.1, 0.15) is 18.9 Å². The highest BCUT2D eigenvalue weighted by Gasteiger charge is 2.43. The Labute approximate surface area is 120 Å². The van der Waals surface area contributed by atoms with Gasteiger partial charge in [0, 0.05) is 24.7 Å². The Morgan fingerprint density at radius 3 is 3.00 bits per heavy atom. The monoisotopic (exact) mass is 278 g/mol. The first-order chi connectivity index (χ1) is 9.74. The minimum atomic E-state index is -0.208. The molecule has 2 heterocycles. The van der Waals surface area contributed by atoms with E-state index in [4.69, 9.17) is 4.74 Å². The van der Waals surface area contributed by atoms with Crippen LogP contribution >= 0.6 is 0 Å². The topological polar surface area (TPSA) is 24.5 Å². The first-order valence-electron chi connectivity index (χ1n) is 7.50. The number of halogens is 1. The van der Waals surface area contributed by atoms with E-state index >= 15 is 0 Å². The minimum Gasteiger partial charge on any atom is -0.494 e. The van der Waals surface area contributed by atoms with Crippen LogP contribution in [-0.2, 0) is 6.54 Å². The molecule has 0 amide bonds. The molecule has 0 saturated carbocycles. The van der Waals surface area contributed by atoms with Crippen molar-refractivity contribution in [3.63, 3.8) is 0 Å². The molecule has 0 aromatic heterocycles. The maximum atomic E-state index is 14.3. The normalized spacial score (nSPS) is 29.6. The molecule has 2 aliphatic rings. The molecule has 0 spiro atoms. The first kappa shape index (κ1) is 13.8. The molecule has 2 aliphatic heterocycles. The highest BCUT2D eigenvalue weighted by Crippen LogP contribution is 2.35. The number of nitrogens with zero attached hydrogens (tertiary/aromatic N) is 1. The molecule has 0 radical (unpaired) electrons. The molecule has 3 rings (SSSR count). The molecule has 0 bridgehead atoms. The second-order valence-electron chi connectivity index (χ2n) is 5.92. The third-order valence-electron chi connectivity index (χ3n) is 4.88. The molecule has 3 atom stereocenters. The Hall–Kier alpha value is -1.13. The summed E-state index contributed by atoms with van der Waals surface area (Å²) in [4.78, 5) is 2.45. The van der Waals surface area contributed by atoms with Crippen molar-refractivity contribution in [2.24, 2.45) is 11.8 Å². The Balaban J connectivity index is 1.78. The fourth-order valence-electron chi connectivity index (χ4n) is 3.91. The summed E-state index contributed by atoms with van der Waals surface area (Å²) in [5.41, 5.74) is 0.746. The van der Waals surface area contributed by atoms with E-state index in [9.17, 15) is 4.39 Å². The summed E-state index contributed by atoms with van der Waals surface area (Å²) >= 11 is 0. The quantitative estimate of drug-likeness (QED) is 0.914. The number of rotatable bonds is 4. The number of benzene rings is 1. The number of nitrogens with one attached hydrogen (secondary N) is 1. The van der Waals surface area contributed by atoms with Gasteiger partial charge in [-0.3, -0.25) is 4.90 Å². The smallest absolute Gasteiger partial charge is 0.169 e. The van der Waals surface area contributed by atoms with Gasteiger partial charge in [0.1, 0.15) is 0 Å². The molecule has 110 valence electrons. The van der Waals surface area contributed by atoms with Crippen LogP contribution < -0.4 is 10.1 Å². The van der Waals surface area contributed by atoms with Gasteiger partial charge < -0.3 is 10.1 Å². The van der Waals surface area contributed by atoms with Gasteiger partial charge in [-0.15, -0.1) is 0 Å². The van der Waals surface area contributed by atoms with Crippen molar-refractivity contribution in [2.75, 3.05) is 26.7 Å². The van der Waals surface area contributed by atoms with Crippen molar-refractivity contribution in [2.45, 2.75) is 25.9 Å². The lowest BCUT2D eigenvalue weighted by Crippen LogP contribution is -2.34. The van der Waals surface area contributed by atoms with Crippen LogP contribution in [0.3, 0.4) is 0 Å². The van der Waals surface area contributed by atoms with Crippen LogP contribution in [0.15, 0.2) is 18.2 Å². The van der Waals surface area contributed by atoms with Gasteiger partial charge in [-0.2, -0.15) is 0 Å². The summed E-state index contributed by atoms with van der Waals surface area (Å²) in [6, 6.07) is 5.99. The van der Waals surface area contributed by atoms with Crippen molar-refractivity contribution in [3.05, 3.63) is 29.6 Å². The zero-order valence-corrected chi connectivity index (χ0v) is 12.2. The standard InChI is InChI=1S/C16H23FN2O/c1-3-14-13-8-18-7-12(13)10-19(14)9-11-5-4-6-15(20-2)16(11)17/h4-6,12-14,18H,3,7-10H2,1-2H3. The Morgan fingerprint density at radius 2 is 2.25 bits per heavy atom. The van der Waals surface area contributed by atoms with E-state index in [0.717, 1.165) is 43.5 Å². The van der Waals surface area contributed by atoms with E-state index in [1.54, 1.807) is 6.07 Å². The van der Waals surface area contributed by atoms with Crippen LogP contribution in [0.5, 0.6) is 5.75 Å². The molecule has 0 aliphatic carbocycles. The number of methoxy groups -OCH3 is 1. The van der Waals surface area contributed by atoms with Crippen molar-refractivity contribution in [1.82, 2.24) is 10.2 Å². The number of fused-ring (bicyclic) bond motifs is 1. The summed E-state index contributed by atoms with van der Waals surface area (Å²) in [6.07, 6.45) is 1.13. The molecular weight excluding hydrogens is 255 g/mol. The maximum absolute atomic E-state index is 14.3. The number of hydrogen-bond acceptors (Lipinski definition) is 3. The summed E-state index contributed by atoms with van der Waals surface area (Å²) in [5.74, 6) is 1.60. The molecule has 20 heavy (non-hydrogen) atoms. The van der Waals surface area contributed by atoms with Crippen LogP contribution in [0.25, 0.3) is 0 Å². The largest absolute Gasteiger partial charge is 0.494 e. The van der Waals surface area contributed by atoms with E-state index < -0.39 is 0 Å². The maximum Gasteiger partial charge on any atom is 0.169 e. The van der Waals surface area contributed by atoms with E-state index in [0.29, 0.717) is 18.3 Å². The van der Waals surface area contributed by atoms with E-state index in [2.05, 4.69) is 17.1 Å². The van der Waals surface area contributed by atoms with Gasteiger partial charge in [-0.25, -0.2) is 4.39 Å². The van der Waals surface area contributed by atoms with Crippen molar-refractivity contribution < 1.29 is 9.13 Å². The van der Waals surface area contributed by atoms with Crippen molar-refractivity contribution in [3.8, 4) is 5.75 Å². The number of likely N-dealkylation sites (tertiary alicyclic amines) is 1. The predicted octanol–water partition coefficient (Wildman–Crippen LogP) is 2.26. The Morgan fingerprint density at radius 1 is 1.40 bits per heavy atom. The molecule has 4 heteroatoms. The second-order valence-corrected chi connectivity index (χ2v) is 5.92. The first-order valence-corrected chi connectivity index (χ1v) is 7.50. The summed E-state index contributed by atoms with van der Waals surface area (Å²) in [7, 11) is 1.52. The van der Waals surface area contributed by atoms with E-state index in [1.807, 2.05) is 12.1 Å². The molecule has 2 fully saturated rings. The molecule has 2 saturated heterocycles. The van der Waals surface area contributed by atoms with Crippen LogP contribution in [0.2, 0.25) is 0 Å². The lowest BCUT2D eigenvalue weighted by molar-refractivity contribution is 0.207. The fraction of sp³-hybridized carbons (Fsp3) is 0.625. The average molecular weight is 278 g/mol. The number of hydrogen-bond donors (Lipinski definition) is 1.